The van der Waals surface area contributed by atoms with E-state index < -0.39 is 6.10 Å². The molecule has 2 atom stereocenters. The van der Waals surface area contributed by atoms with Crippen molar-refractivity contribution < 1.29 is 14.6 Å². The van der Waals surface area contributed by atoms with E-state index in [1.807, 2.05) is 0 Å². The highest BCUT2D eigenvalue weighted by Gasteiger charge is 2.28. The molecule has 5 heteroatoms. The second kappa shape index (κ2) is 9.68. The SMILES string of the molecule is CCCCCCCOC(=O)[C@@H]1C[C@@H](O)CN1.Cl. The van der Waals surface area contributed by atoms with Crippen LogP contribution in [0.3, 0.4) is 0 Å². The molecule has 0 radical (unpaired) electrons. The van der Waals surface area contributed by atoms with Crippen molar-refractivity contribution in [2.45, 2.75) is 57.6 Å². The Balaban J connectivity index is 0.00000256. The minimum absolute atomic E-state index is 0. The zero-order chi connectivity index (χ0) is 11.8. The van der Waals surface area contributed by atoms with Gasteiger partial charge in [0.15, 0.2) is 0 Å². The Labute approximate surface area is 110 Å². The molecule has 0 saturated carbocycles. The fourth-order valence-corrected chi connectivity index (χ4v) is 1.88. The van der Waals surface area contributed by atoms with Crippen LogP contribution in [0.25, 0.3) is 0 Å². The largest absolute Gasteiger partial charge is 0.465 e. The molecule has 0 unspecified atom stereocenters. The standard InChI is InChI=1S/C12H23NO3.ClH/c1-2-3-4-5-6-7-16-12(15)11-8-10(14)9-13-11;/h10-11,13-14H,2-9H2,1H3;1H/t10-,11+;/m1./s1. The number of carbonyl (C=O) groups is 1. The number of aliphatic hydroxyl groups excluding tert-OH is 1. The molecular weight excluding hydrogens is 242 g/mol. The summed E-state index contributed by atoms with van der Waals surface area (Å²) in [5, 5.41) is 12.2. The van der Waals surface area contributed by atoms with Crippen LogP contribution in [0.4, 0.5) is 0 Å². The lowest BCUT2D eigenvalue weighted by Gasteiger charge is -2.09. The number of rotatable bonds is 7. The van der Waals surface area contributed by atoms with Crippen LogP contribution in [0.1, 0.15) is 45.4 Å². The number of hydrogen-bond donors (Lipinski definition) is 2. The van der Waals surface area contributed by atoms with Crippen molar-refractivity contribution in [2.24, 2.45) is 0 Å². The molecule has 17 heavy (non-hydrogen) atoms. The van der Waals surface area contributed by atoms with E-state index >= 15 is 0 Å². The Morgan fingerprint density at radius 3 is 2.65 bits per heavy atom. The summed E-state index contributed by atoms with van der Waals surface area (Å²) in [5.74, 6) is -0.216. The highest BCUT2D eigenvalue weighted by atomic mass is 35.5. The van der Waals surface area contributed by atoms with Crippen molar-refractivity contribution in [1.82, 2.24) is 5.32 Å². The van der Waals surface area contributed by atoms with Gasteiger partial charge in [-0.15, -0.1) is 12.4 Å². The Morgan fingerprint density at radius 1 is 1.35 bits per heavy atom. The molecule has 1 rings (SSSR count). The average molecular weight is 266 g/mol. The van der Waals surface area contributed by atoms with E-state index in [-0.39, 0.29) is 24.4 Å². The van der Waals surface area contributed by atoms with Crippen LogP contribution in [0.15, 0.2) is 0 Å². The fourth-order valence-electron chi connectivity index (χ4n) is 1.88. The maximum atomic E-state index is 11.5. The predicted molar refractivity (Wildman–Crippen MR) is 69.4 cm³/mol. The minimum atomic E-state index is -0.401. The van der Waals surface area contributed by atoms with Crippen LogP contribution in [0.2, 0.25) is 0 Å². The van der Waals surface area contributed by atoms with Gasteiger partial charge >= 0.3 is 5.97 Å². The van der Waals surface area contributed by atoms with E-state index in [1.54, 1.807) is 0 Å². The number of unbranched alkanes of at least 4 members (excludes halogenated alkanes) is 4. The molecule has 1 heterocycles. The van der Waals surface area contributed by atoms with Crippen LogP contribution in [-0.4, -0.2) is 36.4 Å². The first-order chi connectivity index (χ1) is 7.74. The number of esters is 1. The molecule has 0 aromatic carbocycles. The van der Waals surface area contributed by atoms with Crippen molar-refractivity contribution in [2.75, 3.05) is 13.2 Å². The van der Waals surface area contributed by atoms with E-state index in [0.29, 0.717) is 19.6 Å². The Kier molecular flexibility index (Phi) is 9.50. The normalized spacial score (nSPS) is 23.2. The summed E-state index contributed by atoms with van der Waals surface area (Å²) >= 11 is 0. The molecule has 0 spiro atoms. The molecular formula is C12H24ClNO3. The minimum Gasteiger partial charge on any atom is -0.465 e. The monoisotopic (exact) mass is 265 g/mol. The van der Waals surface area contributed by atoms with Gasteiger partial charge in [0, 0.05) is 13.0 Å². The summed E-state index contributed by atoms with van der Waals surface area (Å²) in [6.45, 7) is 3.18. The Hall–Kier alpha value is -0.320. The van der Waals surface area contributed by atoms with Gasteiger partial charge in [0.05, 0.1) is 12.7 Å². The molecule has 1 fully saturated rings. The number of hydrogen-bond acceptors (Lipinski definition) is 4. The van der Waals surface area contributed by atoms with Gasteiger partial charge in [-0.2, -0.15) is 0 Å². The zero-order valence-electron chi connectivity index (χ0n) is 10.5. The van der Waals surface area contributed by atoms with Crippen LogP contribution < -0.4 is 5.32 Å². The number of ether oxygens (including phenoxy) is 1. The van der Waals surface area contributed by atoms with Gasteiger partial charge in [-0.3, -0.25) is 4.79 Å². The molecule has 0 amide bonds. The highest BCUT2D eigenvalue weighted by molar-refractivity contribution is 5.85. The first-order valence-corrected chi connectivity index (χ1v) is 6.32. The summed E-state index contributed by atoms with van der Waals surface area (Å²) in [4.78, 5) is 11.5. The van der Waals surface area contributed by atoms with Gasteiger partial charge in [-0.05, 0) is 6.42 Å². The van der Waals surface area contributed by atoms with Crippen molar-refractivity contribution >= 4 is 18.4 Å². The van der Waals surface area contributed by atoms with E-state index in [1.165, 1.54) is 19.3 Å². The number of aliphatic hydroxyl groups is 1. The van der Waals surface area contributed by atoms with Gasteiger partial charge in [0.1, 0.15) is 6.04 Å². The molecule has 0 aromatic heterocycles. The number of halogens is 1. The topological polar surface area (TPSA) is 58.6 Å². The van der Waals surface area contributed by atoms with Crippen molar-refractivity contribution in [3.63, 3.8) is 0 Å². The summed E-state index contributed by atoms with van der Waals surface area (Å²) in [7, 11) is 0. The molecule has 1 saturated heterocycles. The third kappa shape index (κ3) is 6.86. The summed E-state index contributed by atoms with van der Waals surface area (Å²) in [6, 6.07) is -0.300. The van der Waals surface area contributed by atoms with Gasteiger partial charge in [0.2, 0.25) is 0 Å². The van der Waals surface area contributed by atoms with Crippen molar-refractivity contribution in [3.05, 3.63) is 0 Å². The Bertz CT molecular complexity index is 214. The predicted octanol–water partition coefficient (Wildman–Crippen LogP) is 1.64. The number of carbonyl (C=O) groups excluding carboxylic acids is 1. The maximum absolute atomic E-state index is 11.5. The lowest BCUT2D eigenvalue weighted by atomic mass is 10.2. The van der Waals surface area contributed by atoms with Crippen LogP contribution in [0.5, 0.6) is 0 Å². The van der Waals surface area contributed by atoms with Crippen LogP contribution in [0, 0.1) is 0 Å². The second-order valence-electron chi connectivity index (χ2n) is 4.43. The highest BCUT2D eigenvalue weighted by Crippen LogP contribution is 2.08. The lowest BCUT2D eigenvalue weighted by Crippen LogP contribution is -2.32. The average Bonchev–Trinajstić information content (AvgIpc) is 2.70. The summed E-state index contributed by atoms with van der Waals surface area (Å²) in [6.07, 6.45) is 5.85. The van der Waals surface area contributed by atoms with E-state index in [4.69, 9.17) is 4.74 Å². The molecule has 102 valence electrons. The molecule has 0 aromatic rings. The first-order valence-electron chi connectivity index (χ1n) is 6.32. The van der Waals surface area contributed by atoms with Crippen LogP contribution in [-0.2, 0) is 9.53 Å². The molecule has 0 aliphatic carbocycles. The Morgan fingerprint density at radius 2 is 2.06 bits per heavy atom. The van der Waals surface area contributed by atoms with Crippen LogP contribution >= 0.6 is 12.4 Å². The third-order valence-electron chi connectivity index (χ3n) is 2.88. The van der Waals surface area contributed by atoms with Gasteiger partial charge in [-0.25, -0.2) is 0 Å². The fraction of sp³-hybridized carbons (Fsp3) is 0.917. The van der Waals surface area contributed by atoms with Crippen molar-refractivity contribution in [1.29, 1.82) is 0 Å². The molecule has 1 aliphatic rings. The summed E-state index contributed by atoms with van der Waals surface area (Å²) in [5.41, 5.74) is 0. The molecule has 1 aliphatic heterocycles. The smallest absolute Gasteiger partial charge is 0.323 e. The lowest BCUT2D eigenvalue weighted by molar-refractivity contribution is -0.146. The molecule has 0 bridgehead atoms. The number of nitrogens with one attached hydrogen (secondary N) is 1. The number of β-amino-alcohol motifs (C(OH)–C–C–N with tert-alkyl or cyclic N) is 1. The maximum Gasteiger partial charge on any atom is 0.323 e. The molecule has 2 N–H and O–H groups in total. The van der Waals surface area contributed by atoms with Crippen molar-refractivity contribution in [3.8, 4) is 0 Å². The second-order valence-corrected chi connectivity index (χ2v) is 4.43. The van der Waals surface area contributed by atoms with E-state index in [2.05, 4.69) is 12.2 Å². The third-order valence-corrected chi connectivity index (χ3v) is 2.88. The van der Waals surface area contributed by atoms with Gasteiger partial charge < -0.3 is 15.2 Å². The molecule has 4 nitrogen and oxygen atoms in total. The quantitative estimate of drug-likeness (QED) is 0.543. The van der Waals surface area contributed by atoms with Gasteiger partial charge in [0.25, 0.3) is 0 Å². The first kappa shape index (κ1) is 16.7. The van der Waals surface area contributed by atoms with E-state index in [0.717, 1.165) is 12.8 Å². The zero-order valence-corrected chi connectivity index (χ0v) is 11.3. The van der Waals surface area contributed by atoms with Gasteiger partial charge in [-0.1, -0.05) is 32.6 Å². The van der Waals surface area contributed by atoms with E-state index in [9.17, 15) is 9.90 Å². The summed E-state index contributed by atoms with van der Waals surface area (Å²) < 4.78 is 5.14.